The first-order valence-corrected chi connectivity index (χ1v) is 56.3. The van der Waals surface area contributed by atoms with Crippen molar-refractivity contribution in [3.05, 3.63) is 437 Å². The Morgan fingerprint density at radius 2 is 0.230 bits per heavy atom. The summed E-state index contributed by atoms with van der Waals surface area (Å²) >= 11 is -3.51. The van der Waals surface area contributed by atoms with Crippen LogP contribution in [0, 0.1) is 20.8 Å². The minimum atomic E-state index is -1.75. The van der Waals surface area contributed by atoms with Gasteiger partial charge in [-0.25, -0.2) is 29.9 Å². The monoisotopic (exact) mass is 2280 g/mol. The van der Waals surface area contributed by atoms with Crippen molar-refractivity contribution < 1.29 is 64.9 Å². The molecule has 0 saturated carbocycles. The molecule has 0 bridgehead atoms. The van der Waals surface area contributed by atoms with Crippen molar-refractivity contribution in [2.45, 2.75) is 20.8 Å². The van der Waals surface area contributed by atoms with Gasteiger partial charge in [0.25, 0.3) is 0 Å². The minimum absolute atomic E-state index is 0. The smallest absolute Gasteiger partial charge is 0 e. The third-order valence-corrected chi connectivity index (χ3v) is 21.3. The van der Waals surface area contributed by atoms with Crippen molar-refractivity contribution in [2.75, 3.05) is 0 Å². The molecule has 0 unspecified atom stereocenters. The third kappa shape index (κ3) is 27.2. The number of halogens is 6. The summed E-state index contributed by atoms with van der Waals surface area (Å²) < 4.78 is 0. The average molecular weight is 2280 g/mol. The summed E-state index contributed by atoms with van der Waals surface area (Å²) in [5.74, 6) is 0. The summed E-state index contributed by atoms with van der Waals surface area (Å²) in [5.41, 5.74) is 35.3. The standard InChI is InChI=1S/3C37H26N6.6ClH.4Ru/c3*1-25-18-26(28-21-34(30-10-2-6-14-38-30)42-35(22-28)31-11-3-7-15-39-31)20-27(19-25)29-23-36(32-12-4-8-16-40-32)43-37(24-29)33-13-5-9-17-41-33;;;;;;;;;;/h3*2-24H,1H3;6*1H;;;;/q;;;;;;;;;;;2*+3/p-6. The number of benzene rings is 3. The summed E-state index contributed by atoms with van der Waals surface area (Å²) in [6.45, 7) is 6.36. The van der Waals surface area contributed by atoms with Crippen molar-refractivity contribution >= 4 is 58.1 Å². The van der Waals surface area contributed by atoms with Gasteiger partial charge in [0.1, 0.15) is 0 Å². The van der Waals surface area contributed by atoms with Crippen LogP contribution in [0.15, 0.2) is 420 Å². The summed E-state index contributed by atoms with van der Waals surface area (Å²) in [5, 5.41) is 0. The van der Waals surface area contributed by atoms with Gasteiger partial charge in [-0.3, -0.25) is 59.8 Å². The van der Waals surface area contributed by atoms with E-state index in [0.29, 0.717) is 0 Å². The Hall–Kier alpha value is -13.4. The molecule has 0 amide bonds. The van der Waals surface area contributed by atoms with Crippen molar-refractivity contribution in [3.63, 3.8) is 0 Å². The Morgan fingerprint density at radius 1 is 0.137 bits per heavy atom. The topological polar surface area (TPSA) is 232 Å². The largest absolute Gasteiger partial charge is 0 e. The maximum atomic E-state index is 4.95. The SMILES string of the molecule is Cc1cc(-c2cc(-c3ccccn3)nc(-c3ccccn3)c2)cc(-c2cc(-c3ccccn3)nc(-c3ccccn3)c2)c1.Cc1cc(-c2cc(-c3ccccn3)nc(-c3ccccn3)c2)cc(-c2cc(-c3ccccn3)nc(-c3ccccn3)c2)c1.Cc1cc(-c2cc(-c3ccccn3)nc(-c3ccccn3)c2)cc(-c2cc(-c3ccccn3)nc(-c3ccccn3)c2)c1.[Cl][Ru]([Cl])[Cl].[Cl][Ru]([Cl])[Cl].[Ru].[Ru]. The van der Waals surface area contributed by atoms with E-state index in [2.05, 4.69) is 208 Å². The molecule has 18 aromatic heterocycles. The number of aromatic nitrogens is 18. The van der Waals surface area contributed by atoms with Crippen LogP contribution in [0.4, 0.5) is 0 Å². The molecule has 686 valence electrons. The molecule has 0 atom stereocenters. The van der Waals surface area contributed by atoms with E-state index in [9.17, 15) is 0 Å². The normalized spacial score (nSPS) is 10.8. The van der Waals surface area contributed by atoms with Gasteiger partial charge in [0.05, 0.1) is 137 Å². The molecule has 28 heteroatoms. The summed E-state index contributed by atoms with van der Waals surface area (Å²) in [7, 11) is 29.7. The number of aryl methyl sites for hydroxylation is 3. The molecule has 0 spiro atoms. The second kappa shape index (κ2) is 49.2. The second-order valence-electron chi connectivity index (χ2n) is 30.9. The van der Waals surface area contributed by atoms with Crippen molar-refractivity contribution in [3.8, 4) is 203 Å². The van der Waals surface area contributed by atoms with Gasteiger partial charge in [0, 0.05) is 113 Å². The van der Waals surface area contributed by atoms with Crippen LogP contribution in [0.1, 0.15) is 16.7 Å². The number of rotatable bonds is 18. The first-order chi connectivity index (χ1) is 67.0. The number of hydrogen-bond acceptors (Lipinski definition) is 18. The summed E-state index contributed by atoms with van der Waals surface area (Å²) in [4.78, 5) is 84.6. The van der Waals surface area contributed by atoms with Gasteiger partial charge in [0.15, 0.2) is 0 Å². The maximum absolute atomic E-state index is 4.95. The van der Waals surface area contributed by atoms with Crippen molar-refractivity contribution in [1.29, 1.82) is 0 Å². The predicted molar refractivity (Wildman–Crippen MR) is 547 cm³/mol. The van der Waals surface area contributed by atoms with E-state index in [1.54, 1.807) is 74.4 Å². The number of hydrogen-bond donors (Lipinski definition) is 0. The van der Waals surface area contributed by atoms with Crippen LogP contribution in [0.25, 0.3) is 203 Å². The van der Waals surface area contributed by atoms with E-state index in [4.69, 9.17) is 88.1 Å². The Morgan fingerprint density at radius 3 is 0.317 bits per heavy atom. The summed E-state index contributed by atoms with van der Waals surface area (Å²) in [6, 6.07) is 115. The molecule has 139 heavy (non-hydrogen) atoms. The molecule has 18 heterocycles. The Balaban J connectivity index is 0.000000151. The molecular formula is C111H78Cl6N18Ru4. The molecule has 0 aliphatic heterocycles. The van der Waals surface area contributed by atoms with E-state index < -0.39 is 26.0 Å². The Kier molecular flexibility index (Phi) is 35.4. The average Bonchev–Trinajstić information content (AvgIpc) is 0.785. The van der Waals surface area contributed by atoms with E-state index >= 15 is 0 Å². The first kappa shape index (κ1) is 100. The van der Waals surface area contributed by atoms with E-state index in [-0.39, 0.29) is 39.0 Å². The van der Waals surface area contributed by atoms with Crippen LogP contribution in [-0.4, -0.2) is 89.7 Å². The molecule has 3 aromatic carbocycles. The zero-order valence-corrected chi connectivity index (χ0v) is 85.6. The van der Waals surface area contributed by atoms with E-state index in [1.165, 1.54) is 0 Å². The Bertz CT molecular complexity index is 6140. The van der Waals surface area contributed by atoms with Crippen LogP contribution in [0.5, 0.6) is 0 Å². The third-order valence-electron chi connectivity index (χ3n) is 21.3. The molecular weight excluding hydrogens is 2200 g/mol. The van der Waals surface area contributed by atoms with Gasteiger partial charge in [-0.05, 0) is 341 Å². The number of pyridine rings is 18. The zero-order valence-electron chi connectivity index (χ0n) is 74.1. The van der Waals surface area contributed by atoms with Crippen LogP contribution >= 0.6 is 58.1 Å². The van der Waals surface area contributed by atoms with Crippen molar-refractivity contribution in [1.82, 2.24) is 89.7 Å². The van der Waals surface area contributed by atoms with Gasteiger partial charge < -0.3 is 0 Å². The van der Waals surface area contributed by atoms with E-state index in [1.807, 2.05) is 218 Å². The zero-order chi connectivity index (χ0) is 94.2. The fourth-order valence-electron chi connectivity index (χ4n) is 15.3. The minimum Gasteiger partial charge on any atom is 0 e. The van der Waals surface area contributed by atoms with Crippen LogP contribution in [0.3, 0.4) is 0 Å². The maximum Gasteiger partial charge on any atom is 0 e. The second-order valence-corrected chi connectivity index (χ2v) is 46.7. The van der Waals surface area contributed by atoms with Gasteiger partial charge in [0.2, 0.25) is 0 Å². The van der Waals surface area contributed by atoms with E-state index in [0.717, 1.165) is 220 Å². The van der Waals surface area contributed by atoms with Gasteiger partial charge in [-0.2, -0.15) is 0 Å². The van der Waals surface area contributed by atoms with Crippen LogP contribution in [-0.2, 0) is 64.9 Å². The molecule has 0 N–H and O–H groups in total. The molecule has 0 fully saturated rings. The molecule has 0 aliphatic rings. The first-order valence-electron chi connectivity index (χ1n) is 42.9. The molecule has 18 nitrogen and oxygen atoms in total. The molecule has 0 saturated heterocycles. The van der Waals surface area contributed by atoms with Crippen molar-refractivity contribution in [2.24, 2.45) is 0 Å². The molecule has 21 rings (SSSR count). The summed E-state index contributed by atoms with van der Waals surface area (Å²) in [6.07, 6.45) is 21.5. The molecule has 0 radical (unpaired) electrons. The van der Waals surface area contributed by atoms with Crippen LogP contribution < -0.4 is 0 Å². The predicted octanol–water partition coefficient (Wildman–Crippen LogP) is 29.2. The molecule has 0 aliphatic carbocycles. The van der Waals surface area contributed by atoms with Gasteiger partial charge >= 0.3 is 84.1 Å². The number of nitrogens with zero attached hydrogens (tertiary/aromatic N) is 18. The van der Waals surface area contributed by atoms with Gasteiger partial charge in [-0.1, -0.05) is 109 Å². The van der Waals surface area contributed by atoms with Gasteiger partial charge in [-0.15, -0.1) is 0 Å². The Labute approximate surface area is 865 Å². The fraction of sp³-hybridized carbons (Fsp3) is 0.0270. The molecule has 21 aromatic rings. The quantitative estimate of drug-likeness (QED) is 0.0727. The fourth-order valence-corrected chi connectivity index (χ4v) is 15.3. The van der Waals surface area contributed by atoms with Crippen LogP contribution in [0.2, 0.25) is 0 Å².